The van der Waals surface area contributed by atoms with Crippen LogP contribution in [0.5, 0.6) is 0 Å². The van der Waals surface area contributed by atoms with E-state index in [1.54, 1.807) is 0 Å². The monoisotopic (exact) mass is 815 g/mol. The first-order valence-corrected chi connectivity index (χ1v) is 21.9. The summed E-state index contributed by atoms with van der Waals surface area (Å²) in [6.45, 7) is 0. The van der Waals surface area contributed by atoms with E-state index in [1.165, 1.54) is 60.5 Å². The van der Waals surface area contributed by atoms with Crippen LogP contribution in [-0.4, -0.2) is 0 Å². The topological polar surface area (TPSA) is 16.4 Å². The maximum absolute atomic E-state index is 6.26. The summed E-state index contributed by atoms with van der Waals surface area (Å²) in [6, 6.07) is 89.7. The van der Waals surface area contributed by atoms with Crippen LogP contribution in [-0.2, 0) is 0 Å². The molecule has 0 spiro atoms. The first-order valence-electron chi connectivity index (χ1n) is 21.9. The zero-order valence-electron chi connectivity index (χ0n) is 35.0. The Balaban J connectivity index is 0.987. The fourth-order valence-corrected chi connectivity index (χ4v) is 9.66. The van der Waals surface area contributed by atoms with E-state index in [0.717, 1.165) is 55.7 Å². The van der Waals surface area contributed by atoms with Crippen LogP contribution in [0.2, 0.25) is 0 Å². The minimum atomic E-state index is 0.888. The summed E-state index contributed by atoms with van der Waals surface area (Å²) in [5.41, 5.74) is 16.9. The quantitative estimate of drug-likeness (QED) is 0.142. The van der Waals surface area contributed by atoms with Gasteiger partial charge in [-0.15, -0.1) is 0 Å². The van der Waals surface area contributed by atoms with Crippen LogP contribution in [0.25, 0.3) is 99.1 Å². The van der Waals surface area contributed by atoms with Crippen LogP contribution in [0.1, 0.15) is 0 Å². The Morgan fingerprint density at radius 1 is 0.250 bits per heavy atom. The summed E-state index contributed by atoms with van der Waals surface area (Å²) in [7, 11) is 0. The molecule has 0 N–H and O–H groups in total. The molecule has 2 heteroatoms. The van der Waals surface area contributed by atoms with E-state index in [4.69, 9.17) is 4.42 Å². The number of rotatable bonds is 8. The molecule has 0 aliphatic heterocycles. The van der Waals surface area contributed by atoms with Crippen molar-refractivity contribution < 1.29 is 4.42 Å². The average Bonchev–Trinajstić information content (AvgIpc) is 3.75. The molecular weight excluding hydrogens is 775 g/mol. The Hall–Kier alpha value is -8.46. The van der Waals surface area contributed by atoms with Gasteiger partial charge in [0.25, 0.3) is 0 Å². The van der Waals surface area contributed by atoms with E-state index in [-0.39, 0.29) is 0 Å². The highest BCUT2D eigenvalue weighted by atomic mass is 16.3. The van der Waals surface area contributed by atoms with Crippen molar-refractivity contribution in [3.8, 4) is 55.6 Å². The van der Waals surface area contributed by atoms with E-state index in [2.05, 4.69) is 241 Å². The highest BCUT2D eigenvalue weighted by Crippen LogP contribution is 2.45. The molecule has 0 bridgehead atoms. The minimum absolute atomic E-state index is 0.888. The highest BCUT2D eigenvalue weighted by molar-refractivity contribution is 6.12. The molecule has 0 fully saturated rings. The maximum Gasteiger partial charge on any atom is 0.135 e. The molecule has 0 amide bonds. The Kier molecular flexibility index (Phi) is 9.20. The van der Waals surface area contributed by atoms with Gasteiger partial charge in [0.15, 0.2) is 0 Å². The molecule has 11 aromatic carbocycles. The minimum Gasteiger partial charge on any atom is -0.456 e. The number of benzene rings is 11. The van der Waals surface area contributed by atoms with Gasteiger partial charge in [0.05, 0.1) is 5.69 Å². The van der Waals surface area contributed by atoms with Crippen LogP contribution in [0, 0.1) is 0 Å². The molecule has 2 nitrogen and oxygen atoms in total. The lowest BCUT2D eigenvalue weighted by atomic mass is 9.89. The zero-order chi connectivity index (χ0) is 42.4. The molecule has 0 aliphatic carbocycles. The summed E-state index contributed by atoms with van der Waals surface area (Å²) < 4.78 is 6.26. The molecule has 12 aromatic rings. The third-order valence-corrected chi connectivity index (χ3v) is 12.7. The SMILES string of the molecule is c1ccc(-c2ccccc2-c2ccccc2-c2ccc(N(c3ccc(-c4cccc5c4ccc4ccccc45)cc3)c3ccccc3-c3ccc4oc5ccccc5c4c3)cc2)cc1. The molecule has 0 aliphatic rings. The molecule has 1 heterocycles. The van der Waals surface area contributed by atoms with Gasteiger partial charge in [-0.1, -0.05) is 200 Å². The van der Waals surface area contributed by atoms with Crippen molar-refractivity contribution in [2.75, 3.05) is 4.90 Å². The van der Waals surface area contributed by atoms with Gasteiger partial charge in [-0.25, -0.2) is 0 Å². The number of furan rings is 1. The molecule has 1 aromatic heterocycles. The summed E-state index contributed by atoms with van der Waals surface area (Å²) >= 11 is 0. The molecule has 300 valence electrons. The van der Waals surface area contributed by atoms with Crippen LogP contribution < -0.4 is 4.90 Å². The Labute approximate surface area is 372 Å². The maximum atomic E-state index is 6.26. The molecule has 0 unspecified atom stereocenters. The van der Waals surface area contributed by atoms with Crippen LogP contribution in [0.3, 0.4) is 0 Å². The molecule has 0 radical (unpaired) electrons. The average molecular weight is 816 g/mol. The lowest BCUT2D eigenvalue weighted by Gasteiger charge is -2.28. The number of fused-ring (bicyclic) bond motifs is 6. The number of hydrogen-bond acceptors (Lipinski definition) is 2. The van der Waals surface area contributed by atoms with Gasteiger partial charge >= 0.3 is 0 Å². The number of anilines is 3. The van der Waals surface area contributed by atoms with Gasteiger partial charge in [0, 0.05) is 27.7 Å². The first kappa shape index (κ1) is 37.3. The zero-order valence-corrected chi connectivity index (χ0v) is 35.0. The van der Waals surface area contributed by atoms with Crippen LogP contribution in [0.15, 0.2) is 253 Å². The normalized spacial score (nSPS) is 11.4. The Morgan fingerprint density at radius 2 is 0.750 bits per heavy atom. The molecule has 0 saturated heterocycles. The number of para-hydroxylation sites is 2. The predicted octanol–water partition coefficient (Wildman–Crippen LogP) is 17.7. The second kappa shape index (κ2) is 15.8. The largest absolute Gasteiger partial charge is 0.456 e. The Bertz CT molecular complexity index is 3660. The second-order valence-electron chi connectivity index (χ2n) is 16.4. The van der Waals surface area contributed by atoms with Crippen LogP contribution >= 0.6 is 0 Å². The lowest BCUT2D eigenvalue weighted by Crippen LogP contribution is -2.11. The fraction of sp³-hybridized carbons (Fsp3) is 0. The van der Waals surface area contributed by atoms with Crippen molar-refractivity contribution in [2.45, 2.75) is 0 Å². The van der Waals surface area contributed by atoms with E-state index in [9.17, 15) is 0 Å². The van der Waals surface area contributed by atoms with Gasteiger partial charge in [0.2, 0.25) is 0 Å². The van der Waals surface area contributed by atoms with Crippen molar-refractivity contribution in [1.29, 1.82) is 0 Å². The van der Waals surface area contributed by atoms with Crippen molar-refractivity contribution in [2.24, 2.45) is 0 Å². The predicted molar refractivity (Wildman–Crippen MR) is 271 cm³/mol. The molecule has 0 atom stereocenters. The highest BCUT2D eigenvalue weighted by Gasteiger charge is 2.20. The van der Waals surface area contributed by atoms with E-state index >= 15 is 0 Å². The summed E-state index contributed by atoms with van der Waals surface area (Å²) in [5.74, 6) is 0. The van der Waals surface area contributed by atoms with E-state index in [1.807, 2.05) is 12.1 Å². The van der Waals surface area contributed by atoms with Gasteiger partial charge in [0.1, 0.15) is 11.2 Å². The van der Waals surface area contributed by atoms with Gasteiger partial charge < -0.3 is 9.32 Å². The molecule has 12 rings (SSSR count). The Morgan fingerprint density at radius 3 is 1.47 bits per heavy atom. The van der Waals surface area contributed by atoms with E-state index in [0.29, 0.717) is 0 Å². The first-order chi connectivity index (χ1) is 31.7. The standard InChI is InChI=1S/C62H41NO/c1-2-15-42(16-3-1)49-19-6-8-22-54(49)55-23-9-7-20-51(55)44-29-35-47(36-30-44)63(60-27-12-10-21-53(60)46-34-40-62-59(41-46)58-24-11-13-28-61(58)64-62)48-37-31-45(32-38-48)52-25-14-26-56-50-18-5-4-17-43(50)33-39-57(52)56/h1-41H. The third-order valence-electron chi connectivity index (χ3n) is 12.7. The van der Waals surface area contributed by atoms with Crippen molar-refractivity contribution in [3.63, 3.8) is 0 Å². The summed E-state index contributed by atoms with van der Waals surface area (Å²) in [4.78, 5) is 2.40. The molecule has 0 saturated carbocycles. The molecular formula is C62H41NO. The van der Waals surface area contributed by atoms with Crippen molar-refractivity contribution in [3.05, 3.63) is 249 Å². The van der Waals surface area contributed by atoms with E-state index < -0.39 is 0 Å². The van der Waals surface area contributed by atoms with Crippen molar-refractivity contribution >= 4 is 60.5 Å². The van der Waals surface area contributed by atoms with Gasteiger partial charge in [-0.2, -0.15) is 0 Å². The molecule has 64 heavy (non-hydrogen) atoms. The fourth-order valence-electron chi connectivity index (χ4n) is 9.66. The number of nitrogens with zero attached hydrogens (tertiary/aromatic N) is 1. The lowest BCUT2D eigenvalue weighted by molar-refractivity contribution is 0.669. The second-order valence-corrected chi connectivity index (χ2v) is 16.4. The number of hydrogen-bond donors (Lipinski definition) is 0. The van der Waals surface area contributed by atoms with Gasteiger partial charge in [-0.3, -0.25) is 0 Å². The summed E-state index contributed by atoms with van der Waals surface area (Å²) in [6.07, 6.45) is 0. The third kappa shape index (κ3) is 6.52. The smallest absolute Gasteiger partial charge is 0.135 e. The van der Waals surface area contributed by atoms with Crippen molar-refractivity contribution in [1.82, 2.24) is 0 Å². The van der Waals surface area contributed by atoms with Gasteiger partial charge in [-0.05, 0) is 120 Å². The van der Waals surface area contributed by atoms with Crippen LogP contribution in [0.4, 0.5) is 17.1 Å². The summed E-state index contributed by atoms with van der Waals surface area (Å²) in [5, 5.41) is 7.27.